The summed E-state index contributed by atoms with van der Waals surface area (Å²) in [6.45, 7) is 0. The van der Waals surface area contributed by atoms with Crippen molar-refractivity contribution in [2.24, 2.45) is 0 Å². The number of thiophene rings is 1. The van der Waals surface area contributed by atoms with Crippen molar-refractivity contribution in [3.05, 3.63) is 75.4 Å². The van der Waals surface area contributed by atoms with E-state index in [1.54, 1.807) is 60.0 Å². The van der Waals surface area contributed by atoms with Gasteiger partial charge in [0, 0.05) is 26.5 Å². The predicted molar refractivity (Wildman–Crippen MR) is 138 cm³/mol. The SMILES string of the molecule is O=C(CSc1ccc(NS(=O)(=O)c2cccs2)cc1)Nc1nc(-c2ccc(Cl)cc2Cl)cs1. The van der Waals surface area contributed by atoms with Gasteiger partial charge in [-0.2, -0.15) is 0 Å². The summed E-state index contributed by atoms with van der Waals surface area (Å²) in [5.74, 6) is -0.0257. The number of hydrogen-bond donors (Lipinski definition) is 2. The summed E-state index contributed by atoms with van der Waals surface area (Å²) in [6, 6.07) is 15.2. The zero-order valence-corrected chi connectivity index (χ0v) is 21.4. The molecule has 2 N–H and O–H groups in total. The summed E-state index contributed by atoms with van der Waals surface area (Å²) in [6.07, 6.45) is 0. The fourth-order valence-corrected chi connectivity index (χ4v) is 6.68. The minimum atomic E-state index is -3.59. The van der Waals surface area contributed by atoms with Gasteiger partial charge < -0.3 is 5.32 Å². The molecule has 0 aliphatic heterocycles. The van der Waals surface area contributed by atoms with Gasteiger partial charge in [0.05, 0.1) is 16.5 Å². The van der Waals surface area contributed by atoms with Gasteiger partial charge in [0.1, 0.15) is 4.21 Å². The highest BCUT2D eigenvalue weighted by Gasteiger charge is 2.15. The van der Waals surface area contributed by atoms with E-state index in [0.29, 0.717) is 26.6 Å². The molecule has 2 heterocycles. The van der Waals surface area contributed by atoms with Gasteiger partial charge in [-0.25, -0.2) is 13.4 Å². The summed E-state index contributed by atoms with van der Waals surface area (Å²) in [4.78, 5) is 17.6. The van der Waals surface area contributed by atoms with Gasteiger partial charge in [-0.05, 0) is 53.9 Å². The highest BCUT2D eigenvalue weighted by molar-refractivity contribution is 8.00. The smallest absolute Gasteiger partial charge is 0.271 e. The van der Waals surface area contributed by atoms with Crippen LogP contribution in [0.25, 0.3) is 11.3 Å². The number of rotatable bonds is 8. The molecule has 0 radical (unpaired) electrons. The summed E-state index contributed by atoms with van der Waals surface area (Å²) < 4.78 is 27.4. The lowest BCUT2D eigenvalue weighted by molar-refractivity contribution is -0.113. The van der Waals surface area contributed by atoms with Crippen LogP contribution < -0.4 is 10.0 Å². The third kappa shape index (κ3) is 6.28. The van der Waals surface area contributed by atoms with Crippen LogP contribution in [0.4, 0.5) is 10.8 Å². The molecule has 12 heteroatoms. The van der Waals surface area contributed by atoms with Crippen molar-refractivity contribution in [3.63, 3.8) is 0 Å². The van der Waals surface area contributed by atoms with Crippen LogP contribution in [0.2, 0.25) is 10.0 Å². The van der Waals surface area contributed by atoms with Crippen LogP contribution in [0.5, 0.6) is 0 Å². The van der Waals surface area contributed by atoms with Crippen LogP contribution in [0.3, 0.4) is 0 Å². The van der Waals surface area contributed by atoms with Gasteiger partial charge in [0.25, 0.3) is 10.0 Å². The second-order valence-electron chi connectivity index (χ2n) is 6.56. The topological polar surface area (TPSA) is 88.2 Å². The number of thiazole rings is 1. The first-order chi connectivity index (χ1) is 15.8. The van der Waals surface area contributed by atoms with Crippen LogP contribution in [-0.4, -0.2) is 25.1 Å². The van der Waals surface area contributed by atoms with E-state index in [2.05, 4.69) is 15.0 Å². The van der Waals surface area contributed by atoms with Crippen molar-refractivity contribution >= 4 is 84.4 Å². The number of sulfonamides is 1. The van der Waals surface area contributed by atoms with E-state index in [9.17, 15) is 13.2 Å². The van der Waals surface area contributed by atoms with E-state index < -0.39 is 10.0 Å². The number of aromatic nitrogens is 1. The Hall–Kier alpha value is -2.08. The van der Waals surface area contributed by atoms with Gasteiger partial charge >= 0.3 is 0 Å². The van der Waals surface area contributed by atoms with E-state index in [4.69, 9.17) is 23.2 Å². The number of nitrogens with one attached hydrogen (secondary N) is 2. The molecule has 0 unspecified atom stereocenters. The molecular weight excluding hydrogens is 541 g/mol. The minimum absolute atomic E-state index is 0.177. The molecule has 6 nitrogen and oxygen atoms in total. The molecule has 4 aromatic rings. The molecule has 2 aromatic heterocycles. The molecule has 0 atom stereocenters. The van der Waals surface area contributed by atoms with Crippen LogP contribution >= 0.6 is 57.6 Å². The van der Waals surface area contributed by atoms with Crippen LogP contribution in [-0.2, 0) is 14.8 Å². The summed E-state index contributed by atoms with van der Waals surface area (Å²) in [5, 5.41) is 7.80. The average Bonchev–Trinajstić information content (AvgIpc) is 3.46. The van der Waals surface area contributed by atoms with E-state index >= 15 is 0 Å². The Kier molecular flexibility index (Phi) is 7.62. The molecule has 0 bridgehead atoms. The Morgan fingerprint density at radius 3 is 2.55 bits per heavy atom. The van der Waals surface area contributed by atoms with Crippen molar-refractivity contribution in [1.29, 1.82) is 0 Å². The Balaban J connectivity index is 1.31. The van der Waals surface area contributed by atoms with E-state index in [1.165, 1.54) is 23.1 Å². The predicted octanol–water partition coefficient (Wildman–Crippen LogP) is 6.71. The fraction of sp³-hybridized carbons (Fsp3) is 0.0476. The highest BCUT2D eigenvalue weighted by atomic mass is 35.5. The molecule has 4 rings (SSSR count). The van der Waals surface area contributed by atoms with Crippen LogP contribution in [0, 0.1) is 0 Å². The molecular formula is C21H15Cl2N3O3S4. The molecule has 0 aliphatic carbocycles. The quantitative estimate of drug-likeness (QED) is 0.236. The van der Waals surface area contributed by atoms with Crippen molar-refractivity contribution in [3.8, 4) is 11.3 Å². The summed E-state index contributed by atoms with van der Waals surface area (Å²) in [7, 11) is -3.59. The first-order valence-corrected chi connectivity index (χ1v) is 14.3. The van der Waals surface area contributed by atoms with Gasteiger partial charge in [-0.1, -0.05) is 29.3 Å². The summed E-state index contributed by atoms with van der Waals surface area (Å²) in [5.41, 5.74) is 1.85. The van der Waals surface area contributed by atoms with Crippen molar-refractivity contribution in [2.45, 2.75) is 9.10 Å². The number of halogens is 2. The number of carbonyl (C=O) groups excluding carboxylic acids is 1. The van der Waals surface area contributed by atoms with Gasteiger partial charge in [-0.15, -0.1) is 34.4 Å². The Labute approximate surface area is 213 Å². The van der Waals surface area contributed by atoms with E-state index in [-0.39, 0.29) is 15.9 Å². The van der Waals surface area contributed by atoms with E-state index in [1.807, 2.05) is 5.38 Å². The number of benzene rings is 2. The number of anilines is 2. The molecule has 0 saturated carbocycles. The lowest BCUT2D eigenvalue weighted by Crippen LogP contribution is -2.13. The molecule has 170 valence electrons. The first kappa shape index (κ1) is 24.1. The second kappa shape index (κ2) is 10.5. The Morgan fingerprint density at radius 2 is 1.85 bits per heavy atom. The van der Waals surface area contributed by atoms with E-state index in [0.717, 1.165) is 21.8 Å². The van der Waals surface area contributed by atoms with Crippen molar-refractivity contribution in [1.82, 2.24) is 4.98 Å². The maximum absolute atomic E-state index is 12.3. The number of thioether (sulfide) groups is 1. The van der Waals surface area contributed by atoms with Gasteiger partial charge in [-0.3, -0.25) is 9.52 Å². The lowest BCUT2D eigenvalue weighted by atomic mass is 10.2. The normalized spacial score (nSPS) is 11.3. The maximum Gasteiger partial charge on any atom is 0.271 e. The second-order valence-corrected chi connectivity index (χ2v) is 12.2. The number of carbonyl (C=O) groups is 1. The Bertz CT molecular complexity index is 1370. The zero-order valence-electron chi connectivity index (χ0n) is 16.6. The lowest BCUT2D eigenvalue weighted by Gasteiger charge is -2.07. The molecule has 2 aromatic carbocycles. The molecule has 33 heavy (non-hydrogen) atoms. The zero-order chi connectivity index (χ0) is 23.4. The third-order valence-corrected chi connectivity index (χ3v) is 9.29. The monoisotopic (exact) mass is 555 g/mol. The molecule has 0 spiro atoms. The largest absolute Gasteiger partial charge is 0.301 e. The Morgan fingerprint density at radius 1 is 1.06 bits per heavy atom. The molecule has 1 amide bonds. The fourth-order valence-electron chi connectivity index (χ4n) is 2.70. The summed E-state index contributed by atoms with van der Waals surface area (Å²) >= 11 is 15.9. The maximum atomic E-state index is 12.3. The van der Waals surface area contributed by atoms with Crippen LogP contribution in [0.15, 0.2) is 74.5 Å². The number of hydrogen-bond acceptors (Lipinski definition) is 7. The number of amides is 1. The average molecular weight is 557 g/mol. The molecule has 0 saturated heterocycles. The van der Waals surface area contributed by atoms with Gasteiger partial charge in [0.2, 0.25) is 5.91 Å². The standard InChI is InChI=1S/C21H15Cl2N3O3S4/c22-13-3-8-16(17(23)10-13)18-11-32-21(24-18)25-19(27)12-31-15-6-4-14(5-7-15)26-33(28,29)20-2-1-9-30-20/h1-11,26H,12H2,(H,24,25,27). The van der Waals surface area contributed by atoms with Gasteiger partial charge in [0.15, 0.2) is 5.13 Å². The van der Waals surface area contributed by atoms with Crippen LogP contribution in [0.1, 0.15) is 0 Å². The highest BCUT2D eigenvalue weighted by Crippen LogP contribution is 2.32. The van der Waals surface area contributed by atoms with Crippen molar-refractivity contribution < 1.29 is 13.2 Å². The number of nitrogens with zero attached hydrogens (tertiary/aromatic N) is 1. The molecule has 0 aliphatic rings. The van der Waals surface area contributed by atoms with Crippen molar-refractivity contribution in [2.75, 3.05) is 15.8 Å². The third-order valence-electron chi connectivity index (χ3n) is 4.19. The first-order valence-electron chi connectivity index (χ1n) is 9.30. The minimum Gasteiger partial charge on any atom is -0.301 e. The molecule has 0 fully saturated rings.